The highest BCUT2D eigenvalue weighted by molar-refractivity contribution is 7.07. The largest absolute Gasteiger partial charge is 0.416 e. The number of alkyl halides is 3. The van der Waals surface area contributed by atoms with Crippen molar-refractivity contribution in [2.24, 2.45) is 0 Å². The molecule has 0 fully saturated rings. The number of pyridine rings is 1. The van der Waals surface area contributed by atoms with Crippen molar-refractivity contribution in [3.8, 4) is 0 Å². The molecule has 0 atom stereocenters. The minimum absolute atomic E-state index is 0.236. The molecule has 0 bridgehead atoms. The number of nitrogens with one attached hydrogen (secondary N) is 1. The Morgan fingerprint density at radius 2 is 2.10 bits per heavy atom. The molecule has 0 aromatic carbocycles. The lowest BCUT2D eigenvalue weighted by Gasteiger charge is -2.20. The molecule has 0 aliphatic carbocycles. The molecular formula is C14H16F3N3S. The lowest BCUT2D eigenvalue weighted by atomic mass is 10.2. The van der Waals surface area contributed by atoms with Crippen molar-refractivity contribution in [1.29, 1.82) is 0 Å². The second kappa shape index (κ2) is 6.34. The van der Waals surface area contributed by atoms with Gasteiger partial charge in [0.15, 0.2) is 0 Å². The summed E-state index contributed by atoms with van der Waals surface area (Å²) in [5.74, 6) is 0.534. The van der Waals surface area contributed by atoms with Gasteiger partial charge in [-0.2, -0.15) is 24.5 Å². The van der Waals surface area contributed by atoms with Crippen LogP contribution in [0.1, 0.15) is 18.1 Å². The normalized spacial score (nSPS) is 11.5. The van der Waals surface area contributed by atoms with E-state index in [9.17, 15) is 13.2 Å². The van der Waals surface area contributed by atoms with Crippen molar-refractivity contribution in [2.45, 2.75) is 19.6 Å². The summed E-state index contributed by atoms with van der Waals surface area (Å²) in [6.45, 7) is 2.85. The maximum absolute atomic E-state index is 13.0. The van der Waals surface area contributed by atoms with E-state index in [2.05, 4.69) is 10.3 Å². The Kier molecular flexibility index (Phi) is 4.72. The molecule has 0 saturated carbocycles. The Morgan fingerprint density at radius 1 is 1.33 bits per heavy atom. The molecule has 1 N–H and O–H groups in total. The van der Waals surface area contributed by atoms with Gasteiger partial charge in [0.2, 0.25) is 0 Å². The van der Waals surface area contributed by atoms with E-state index in [-0.39, 0.29) is 5.82 Å². The van der Waals surface area contributed by atoms with Crippen molar-refractivity contribution < 1.29 is 13.2 Å². The Bertz CT molecular complexity index is 582. The zero-order valence-corrected chi connectivity index (χ0v) is 12.6. The number of aromatic nitrogens is 1. The first-order valence-electron chi connectivity index (χ1n) is 6.45. The molecule has 0 unspecified atom stereocenters. The molecule has 0 aliphatic rings. The second-order valence-electron chi connectivity index (χ2n) is 4.62. The molecule has 0 saturated heterocycles. The zero-order chi connectivity index (χ0) is 15.5. The number of thiophene rings is 1. The van der Waals surface area contributed by atoms with Crippen LogP contribution in [0.25, 0.3) is 0 Å². The molecule has 2 aromatic heterocycles. The maximum atomic E-state index is 13.0. The first-order valence-corrected chi connectivity index (χ1v) is 7.40. The average Bonchev–Trinajstić information content (AvgIpc) is 2.90. The molecule has 0 radical (unpaired) electrons. The molecular weight excluding hydrogens is 299 g/mol. The fourth-order valence-corrected chi connectivity index (χ4v) is 2.54. The average molecular weight is 315 g/mol. The van der Waals surface area contributed by atoms with E-state index in [0.29, 0.717) is 18.9 Å². The topological polar surface area (TPSA) is 28.2 Å². The van der Waals surface area contributed by atoms with Gasteiger partial charge in [-0.25, -0.2) is 4.98 Å². The molecule has 2 heterocycles. The number of rotatable bonds is 5. The maximum Gasteiger partial charge on any atom is 0.416 e. The first kappa shape index (κ1) is 15.6. The van der Waals surface area contributed by atoms with E-state index >= 15 is 0 Å². The monoisotopic (exact) mass is 315 g/mol. The van der Waals surface area contributed by atoms with Crippen molar-refractivity contribution in [1.82, 2.24) is 4.98 Å². The minimum atomic E-state index is -4.38. The molecule has 114 valence electrons. The SMILES string of the molecule is CCNc1cc(C(F)(F)F)cc(N(C)Cc2ccsc2)n1. The van der Waals surface area contributed by atoms with E-state index < -0.39 is 11.7 Å². The van der Waals surface area contributed by atoms with E-state index in [1.54, 1.807) is 23.3 Å². The highest BCUT2D eigenvalue weighted by atomic mass is 32.1. The van der Waals surface area contributed by atoms with Gasteiger partial charge in [0, 0.05) is 20.1 Å². The molecule has 0 aliphatic heterocycles. The summed E-state index contributed by atoms with van der Waals surface area (Å²) in [7, 11) is 1.73. The van der Waals surface area contributed by atoms with Gasteiger partial charge in [-0.05, 0) is 41.4 Å². The number of nitrogens with zero attached hydrogens (tertiary/aromatic N) is 2. The summed E-state index contributed by atoms with van der Waals surface area (Å²) in [5, 5.41) is 6.74. The summed E-state index contributed by atoms with van der Waals surface area (Å²) in [6, 6.07) is 4.05. The highest BCUT2D eigenvalue weighted by Crippen LogP contribution is 2.33. The van der Waals surface area contributed by atoms with E-state index in [4.69, 9.17) is 0 Å². The van der Waals surface area contributed by atoms with Gasteiger partial charge in [0.1, 0.15) is 11.6 Å². The zero-order valence-electron chi connectivity index (χ0n) is 11.7. The standard InChI is InChI=1S/C14H16F3N3S/c1-3-18-12-6-11(14(15,16)17)7-13(19-12)20(2)8-10-4-5-21-9-10/h4-7,9H,3,8H2,1-2H3,(H,18,19). The summed E-state index contributed by atoms with van der Waals surface area (Å²) >= 11 is 1.56. The molecule has 2 rings (SSSR count). The second-order valence-corrected chi connectivity index (χ2v) is 5.40. The summed E-state index contributed by atoms with van der Waals surface area (Å²) in [5.41, 5.74) is 0.354. The van der Waals surface area contributed by atoms with Crippen LogP contribution < -0.4 is 10.2 Å². The smallest absolute Gasteiger partial charge is 0.370 e. The van der Waals surface area contributed by atoms with E-state index in [1.807, 2.05) is 23.8 Å². The van der Waals surface area contributed by atoms with Crippen molar-refractivity contribution >= 4 is 23.0 Å². The Balaban J connectivity index is 2.30. The number of hydrogen-bond donors (Lipinski definition) is 1. The van der Waals surface area contributed by atoms with Gasteiger partial charge in [-0.3, -0.25) is 0 Å². The fourth-order valence-electron chi connectivity index (χ4n) is 1.88. The fraction of sp³-hybridized carbons (Fsp3) is 0.357. The third-order valence-corrected chi connectivity index (χ3v) is 3.62. The predicted molar refractivity (Wildman–Crippen MR) is 79.8 cm³/mol. The third kappa shape index (κ3) is 4.10. The van der Waals surface area contributed by atoms with Crippen LogP contribution in [0.3, 0.4) is 0 Å². The van der Waals surface area contributed by atoms with Crippen LogP contribution in [0, 0.1) is 0 Å². The third-order valence-electron chi connectivity index (χ3n) is 2.89. The number of anilines is 2. The van der Waals surface area contributed by atoms with Crippen LogP contribution in [0.2, 0.25) is 0 Å². The Labute approximate surface area is 125 Å². The van der Waals surface area contributed by atoms with Gasteiger partial charge in [0.05, 0.1) is 5.56 Å². The van der Waals surface area contributed by atoms with Crippen molar-refractivity contribution in [2.75, 3.05) is 23.8 Å². The molecule has 7 heteroatoms. The van der Waals surface area contributed by atoms with Gasteiger partial charge in [-0.1, -0.05) is 0 Å². The molecule has 21 heavy (non-hydrogen) atoms. The van der Waals surface area contributed by atoms with Crippen LogP contribution in [-0.2, 0) is 12.7 Å². The molecule has 0 spiro atoms. The summed E-state index contributed by atoms with van der Waals surface area (Å²) in [6.07, 6.45) is -4.38. The van der Waals surface area contributed by atoms with Crippen LogP contribution in [0.5, 0.6) is 0 Å². The van der Waals surface area contributed by atoms with E-state index in [1.165, 1.54) is 0 Å². The quantitative estimate of drug-likeness (QED) is 0.895. The number of hydrogen-bond acceptors (Lipinski definition) is 4. The Morgan fingerprint density at radius 3 is 2.67 bits per heavy atom. The van der Waals surface area contributed by atoms with Crippen molar-refractivity contribution in [3.05, 3.63) is 40.1 Å². The Hall–Kier alpha value is -1.76. The van der Waals surface area contributed by atoms with Gasteiger partial charge in [0.25, 0.3) is 0 Å². The van der Waals surface area contributed by atoms with Crippen LogP contribution in [0.15, 0.2) is 29.0 Å². The van der Waals surface area contributed by atoms with Crippen LogP contribution in [-0.4, -0.2) is 18.6 Å². The van der Waals surface area contributed by atoms with Gasteiger partial charge < -0.3 is 10.2 Å². The predicted octanol–water partition coefficient (Wildman–Crippen LogP) is 4.23. The van der Waals surface area contributed by atoms with Gasteiger partial charge in [-0.15, -0.1) is 0 Å². The van der Waals surface area contributed by atoms with Crippen LogP contribution in [0.4, 0.5) is 24.8 Å². The molecule has 3 nitrogen and oxygen atoms in total. The molecule has 2 aromatic rings. The van der Waals surface area contributed by atoms with Gasteiger partial charge >= 0.3 is 6.18 Å². The first-order chi connectivity index (χ1) is 9.90. The molecule has 0 amide bonds. The summed E-state index contributed by atoms with van der Waals surface area (Å²) in [4.78, 5) is 5.94. The van der Waals surface area contributed by atoms with Crippen LogP contribution >= 0.6 is 11.3 Å². The highest BCUT2D eigenvalue weighted by Gasteiger charge is 2.32. The minimum Gasteiger partial charge on any atom is -0.370 e. The number of halogens is 3. The lowest BCUT2D eigenvalue weighted by Crippen LogP contribution is -2.19. The lowest BCUT2D eigenvalue weighted by molar-refractivity contribution is -0.137. The summed E-state index contributed by atoms with van der Waals surface area (Å²) < 4.78 is 38.9. The van der Waals surface area contributed by atoms with Crippen molar-refractivity contribution in [3.63, 3.8) is 0 Å². The van der Waals surface area contributed by atoms with E-state index in [0.717, 1.165) is 17.7 Å².